The molecule has 17 heteroatoms. The molecule has 2 aliphatic heterocycles. The molecule has 2 heterocycles. The van der Waals surface area contributed by atoms with Gasteiger partial charge in [0.1, 0.15) is 12.7 Å². The van der Waals surface area contributed by atoms with Gasteiger partial charge in [0.15, 0.2) is 42.9 Å². The molecule has 308 valence electrons. The van der Waals surface area contributed by atoms with Gasteiger partial charge in [0, 0.05) is 27.7 Å². The molecular formula is C41H42O17. The van der Waals surface area contributed by atoms with E-state index in [9.17, 15) is 33.6 Å². The zero-order valence-electron chi connectivity index (χ0n) is 32.1. The molecular weight excluding hydrogens is 764 g/mol. The topological polar surface area (TPSA) is 212 Å². The summed E-state index contributed by atoms with van der Waals surface area (Å²) >= 11 is 0. The lowest BCUT2D eigenvalue weighted by Crippen LogP contribution is -2.66. The van der Waals surface area contributed by atoms with E-state index in [-0.39, 0.29) is 16.7 Å². The maximum absolute atomic E-state index is 13.8. The lowest BCUT2D eigenvalue weighted by molar-refractivity contribution is -0.358. The number of benzene rings is 3. The van der Waals surface area contributed by atoms with Gasteiger partial charge in [-0.05, 0) is 43.3 Å². The molecule has 0 aliphatic carbocycles. The Bertz CT molecular complexity index is 1920. The van der Waals surface area contributed by atoms with E-state index >= 15 is 0 Å². The van der Waals surface area contributed by atoms with Gasteiger partial charge in [0.25, 0.3) is 0 Å². The molecule has 58 heavy (non-hydrogen) atoms. The lowest BCUT2D eigenvalue weighted by Gasteiger charge is -2.48. The van der Waals surface area contributed by atoms with Crippen molar-refractivity contribution in [3.63, 3.8) is 0 Å². The van der Waals surface area contributed by atoms with Crippen molar-refractivity contribution >= 4 is 41.8 Å². The number of esters is 7. The van der Waals surface area contributed by atoms with Crippen LogP contribution in [0.3, 0.4) is 0 Å². The second kappa shape index (κ2) is 19.8. The Morgan fingerprint density at radius 1 is 0.448 bits per heavy atom. The van der Waals surface area contributed by atoms with Crippen molar-refractivity contribution in [3.8, 4) is 0 Å². The minimum atomic E-state index is -1.81. The Hall–Kier alpha value is -6.17. The van der Waals surface area contributed by atoms with Crippen LogP contribution in [0.5, 0.6) is 0 Å². The van der Waals surface area contributed by atoms with Crippen molar-refractivity contribution in [2.75, 3.05) is 6.61 Å². The first kappa shape index (κ1) is 43.0. The summed E-state index contributed by atoms with van der Waals surface area (Å²) in [5, 5.41) is 0. The SMILES string of the molecule is CC(=O)OC[C@@H]1OC(OC(C)=O)[C@@H](O[C@@H]2O[C@@H](C)[C@@H](OC(=O)c3ccccc3)[C@@H](OC(=O)c3ccccc3)[C@@H]2OC(=O)c2ccccc2)[C@H](OC(C)=O)[C@@H]1OC(C)=O. The van der Waals surface area contributed by atoms with Gasteiger partial charge in [-0.25, -0.2) is 14.4 Å². The molecule has 10 atom stereocenters. The van der Waals surface area contributed by atoms with E-state index < -0.39 is 110 Å². The van der Waals surface area contributed by atoms with Crippen LogP contribution in [0.2, 0.25) is 0 Å². The average Bonchev–Trinajstić information content (AvgIpc) is 3.19. The minimum absolute atomic E-state index is 0.0608. The quantitative estimate of drug-likeness (QED) is 0.179. The molecule has 0 N–H and O–H groups in total. The van der Waals surface area contributed by atoms with Gasteiger partial charge >= 0.3 is 41.8 Å². The number of ether oxygens (including phenoxy) is 10. The van der Waals surface area contributed by atoms with Gasteiger partial charge in [0.05, 0.1) is 22.8 Å². The molecule has 0 spiro atoms. The fourth-order valence-electron chi connectivity index (χ4n) is 6.23. The Kier molecular flexibility index (Phi) is 14.7. The fourth-order valence-corrected chi connectivity index (χ4v) is 6.23. The Morgan fingerprint density at radius 3 is 1.31 bits per heavy atom. The zero-order valence-corrected chi connectivity index (χ0v) is 32.1. The standard InChI is InChI=1S/C41H42O17/c1-22-31(55-37(46)27-15-9-6-10-16-27)33(56-38(47)28-17-11-7-12-18-28)35(57-39(48)29-19-13-8-14-20-29)40(50-22)58-36-34(52-25(4)44)32(51-24(3)43)30(21-49-23(2)42)54-41(36)53-26(5)45/h6-20,22,30-36,40-41H,21H2,1-5H3/t22-,30-,31+,32+,33+,34+,35-,36-,40-,41?/m0/s1. The first-order chi connectivity index (χ1) is 27.7. The third kappa shape index (κ3) is 11.2. The van der Waals surface area contributed by atoms with E-state index in [1.807, 2.05) is 0 Å². The summed E-state index contributed by atoms with van der Waals surface area (Å²) in [6.07, 6.45) is -16.0. The summed E-state index contributed by atoms with van der Waals surface area (Å²) in [5.41, 5.74) is 0.297. The average molecular weight is 807 g/mol. The van der Waals surface area contributed by atoms with Crippen molar-refractivity contribution in [1.29, 1.82) is 0 Å². The summed E-state index contributed by atoms with van der Waals surface area (Å²) in [6.45, 7) is 5.21. The smallest absolute Gasteiger partial charge is 0.338 e. The number of carbonyl (C=O) groups excluding carboxylic acids is 7. The van der Waals surface area contributed by atoms with Gasteiger partial charge in [-0.3, -0.25) is 19.2 Å². The summed E-state index contributed by atoms with van der Waals surface area (Å²) in [7, 11) is 0. The Balaban J connectivity index is 1.61. The molecule has 3 aromatic rings. The highest BCUT2D eigenvalue weighted by Gasteiger charge is 2.57. The van der Waals surface area contributed by atoms with Crippen LogP contribution in [0.25, 0.3) is 0 Å². The van der Waals surface area contributed by atoms with Crippen LogP contribution in [0.4, 0.5) is 0 Å². The molecule has 0 aromatic heterocycles. The van der Waals surface area contributed by atoms with E-state index in [0.717, 1.165) is 27.7 Å². The number of hydrogen-bond donors (Lipinski definition) is 0. The van der Waals surface area contributed by atoms with E-state index in [2.05, 4.69) is 0 Å². The first-order valence-corrected chi connectivity index (χ1v) is 18.1. The van der Waals surface area contributed by atoms with Gasteiger partial charge in [-0.2, -0.15) is 0 Å². The van der Waals surface area contributed by atoms with E-state index in [4.69, 9.17) is 47.4 Å². The highest BCUT2D eigenvalue weighted by Crippen LogP contribution is 2.36. The molecule has 17 nitrogen and oxygen atoms in total. The second-order valence-corrected chi connectivity index (χ2v) is 13.1. The van der Waals surface area contributed by atoms with Crippen molar-refractivity contribution in [3.05, 3.63) is 108 Å². The maximum Gasteiger partial charge on any atom is 0.338 e. The summed E-state index contributed by atoms with van der Waals surface area (Å²) in [4.78, 5) is 90.3. The highest BCUT2D eigenvalue weighted by atomic mass is 16.8. The monoisotopic (exact) mass is 806 g/mol. The lowest BCUT2D eigenvalue weighted by atomic mass is 9.96. The largest absolute Gasteiger partial charge is 0.463 e. The van der Waals surface area contributed by atoms with Gasteiger partial charge in [-0.1, -0.05) is 54.6 Å². The van der Waals surface area contributed by atoms with Gasteiger partial charge in [-0.15, -0.1) is 0 Å². The van der Waals surface area contributed by atoms with E-state index in [1.165, 1.54) is 43.3 Å². The predicted molar refractivity (Wildman–Crippen MR) is 194 cm³/mol. The van der Waals surface area contributed by atoms with Crippen LogP contribution in [0.15, 0.2) is 91.0 Å². The van der Waals surface area contributed by atoms with Crippen molar-refractivity contribution in [2.45, 2.75) is 96.0 Å². The molecule has 2 fully saturated rings. The number of rotatable bonds is 13. The second-order valence-electron chi connectivity index (χ2n) is 13.1. The van der Waals surface area contributed by atoms with E-state index in [1.54, 1.807) is 54.6 Å². The Morgan fingerprint density at radius 2 is 0.862 bits per heavy atom. The fraction of sp³-hybridized carbons (Fsp3) is 0.390. The molecule has 5 rings (SSSR count). The van der Waals surface area contributed by atoms with Crippen molar-refractivity contribution < 1.29 is 80.9 Å². The normalized spacial score (nSPS) is 26.5. The van der Waals surface area contributed by atoms with Crippen molar-refractivity contribution in [2.24, 2.45) is 0 Å². The van der Waals surface area contributed by atoms with Crippen LogP contribution < -0.4 is 0 Å². The number of carbonyl (C=O) groups is 7. The third-order valence-corrected chi connectivity index (χ3v) is 8.70. The van der Waals surface area contributed by atoms with Crippen LogP contribution in [-0.2, 0) is 66.5 Å². The maximum atomic E-state index is 13.8. The number of hydrogen-bond acceptors (Lipinski definition) is 17. The predicted octanol–water partition coefficient (Wildman–Crippen LogP) is 3.51. The molecule has 0 saturated carbocycles. The zero-order chi connectivity index (χ0) is 41.9. The molecule has 0 amide bonds. The molecule has 2 aliphatic rings. The van der Waals surface area contributed by atoms with Crippen LogP contribution in [0, 0.1) is 0 Å². The summed E-state index contributed by atoms with van der Waals surface area (Å²) in [6, 6.07) is 23.5. The third-order valence-electron chi connectivity index (χ3n) is 8.70. The Labute approximate surface area is 332 Å². The molecule has 3 aromatic carbocycles. The molecule has 1 unspecified atom stereocenters. The van der Waals surface area contributed by atoms with Gasteiger partial charge < -0.3 is 47.4 Å². The van der Waals surface area contributed by atoms with Crippen LogP contribution in [0.1, 0.15) is 65.7 Å². The summed E-state index contributed by atoms with van der Waals surface area (Å²) < 4.78 is 58.3. The highest BCUT2D eigenvalue weighted by molar-refractivity contribution is 5.91. The van der Waals surface area contributed by atoms with Crippen molar-refractivity contribution in [1.82, 2.24) is 0 Å². The molecule has 2 saturated heterocycles. The van der Waals surface area contributed by atoms with Crippen LogP contribution >= 0.6 is 0 Å². The molecule has 0 bridgehead atoms. The van der Waals surface area contributed by atoms with Crippen LogP contribution in [-0.4, -0.2) is 110 Å². The first-order valence-electron chi connectivity index (χ1n) is 18.1. The molecule has 0 radical (unpaired) electrons. The van der Waals surface area contributed by atoms with Gasteiger partial charge in [0.2, 0.25) is 6.29 Å². The van der Waals surface area contributed by atoms with E-state index in [0.29, 0.717) is 0 Å². The summed E-state index contributed by atoms with van der Waals surface area (Å²) in [5.74, 6) is -6.08. The minimum Gasteiger partial charge on any atom is -0.463 e.